The van der Waals surface area contributed by atoms with Crippen LogP contribution in [0.25, 0.3) is 10.8 Å². The zero-order chi connectivity index (χ0) is 60.0. The highest BCUT2D eigenvalue weighted by atomic mass is 16.5. The van der Waals surface area contributed by atoms with Gasteiger partial charge in [-0.3, -0.25) is 9.59 Å². The van der Waals surface area contributed by atoms with E-state index >= 15 is 0 Å². The molecule has 2 N–H and O–H groups in total. The van der Waals surface area contributed by atoms with Crippen molar-refractivity contribution in [2.24, 2.45) is 11.8 Å². The fourth-order valence-corrected chi connectivity index (χ4v) is 9.05. The number of methoxy groups -OCH3 is 5. The lowest BCUT2D eigenvalue weighted by Gasteiger charge is -2.17. The number of amides is 2. The molecule has 88 heavy (non-hydrogen) atoms. The molecule has 496 valence electrons. The Balaban J connectivity index is -0.00000121. The summed E-state index contributed by atoms with van der Waals surface area (Å²) in [4.78, 5) is 23.6. The SMILES string of the molecule is C.C.C.C.C.C.CCC(C)C(=O)NCCOc1c(C)cc(COC)cc1C.CCC(C)C(=O)Nc1ccc(OCCOc2c(COC)cc(C)cc2COC)cc1.CCC(C)c1ccc2cc(OCCOc3c(COC)cc(C)cc3COC)ccc2c1. The molecule has 0 aliphatic rings. The topological polar surface area (TPSA) is 150 Å². The number of nitrogens with one attached hydrogen (secondary N) is 2. The van der Waals surface area contributed by atoms with Crippen molar-refractivity contribution in [2.45, 2.75) is 172 Å². The van der Waals surface area contributed by atoms with E-state index in [1.54, 1.807) is 35.5 Å². The van der Waals surface area contributed by atoms with Gasteiger partial charge in [-0.25, -0.2) is 0 Å². The number of carbonyl (C=O) groups excluding carboxylic acids is 2. The van der Waals surface area contributed by atoms with E-state index in [-0.39, 0.29) is 68.2 Å². The van der Waals surface area contributed by atoms with Crippen molar-refractivity contribution < 1.29 is 57.0 Å². The summed E-state index contributed by atoms with van der Waals surface area (Å²) in [6, 6.07) is 32.7. The number of ether oxygens (including phenoxy) is 10. The van der Waals surface area contributed by atoms with Gasteiger partial charge >= 0.3 is 0 Å². The van der Waals surface area contributed by atoms with E-state index in [2.05, 4.69) is 98.1 Å². The molecule has 0 radical (unpaired) electrons. The lowest BCUT2D eigenvalue weighted by atomic mass is 9.96. The van der Waals surface area contributed by atoms with Gasteiger partial charge in [0.05, 0.1) is 39.6 Å². The Labute approximate surface area is 534 Å². The summed E-state index contributed by atoms with van der Waals surface area (Å²) < 4.78 is 56.2. The fraction of sp³-hybridized carbons (Fsp3) is 0.514. The Morgan fingerprint density at radius 3 is 1.26 bits per heavy atom. The van der Waals surface area contributed by atoms with Crippen LogP contribution in [-0.2, 0) is 66.3 Å². The molecule has 0 saturated carbocycles. The average Bonchev–Trinajstić information content (AvgIpc) is 3.63. The molecule has 0 spiro atoms. The third kappa shape index (κ3) is 28.2. The van der Waals surface area contributed by atoms with E-state index < -0.39 is 0 Å². The van der Waals surface area contributed by atoms with Gasteiger partial charge in [-0.05, 0) is 122 Å². The summed E-state index contributed by atoms with van der Waals surface area (Å²) in [7, 11) is 8.41. The lowest BCUT2D eigenvalue weighted by molar-refractivity contribution is -0.124. The minimum Gasteiger partial charge on any atom is -0.491 e. The van der Waals surface area contributed by atoms with Crippen LogP contribution in [0.15, 0.2) is 97.1 Å². The van der Waals surface area contributed by atoms with Crippen LogP contribution in [-0.4, -0.2) is 86.9 Å². The van der Waals surface area contributed by atoms with Gasteiger partial charge in [0.2, 0.25) is 11.8 Å². The molecular weight excluding hydrogens is 1110 g/mol. The molecule has 2 amide bonds. The van der Waals surface area contributed by atoms with Gasteiger partial charge in [-0.1, -0.05) is 158 Å². The van der Waals surface area contributed by atoms with Gasteiger partial charge in [0, 0.05) is 75.3 Å². The summed E-state index contributed by atoms with van der Waals surface area (Å²) in [6.07, 6.45) is 2.81. The number of fused-ring (bicyclic) bond motifs is 1. The molecule has 0 heterocycles. The molecule has 0 aliphatic carbocycles. The van der Waals surface area contributed by atoms with Gasteiger partial charge in [0.1, 0.15) is 61.8 Å². The quantitative estimate of drug-likeness (QED) is 0.0399. The van der Waals surface area contributed by atoms with E-state index in [1.165, 1.54) is 16.3 Å². The molecule has 6 aromatic carbocycles. The number of hydrogen-bond acceptors (Lipinski definition) is 12. The van der Waals surface area contributed by atoms with Crippen LogP contribution < -0.4 is 34.3 Å². The minimum atomic E-state index is -0.00847. The minimum absolute atomic E-state index is 0. The Morgan fingerprint density at radius 2 is 0.818 bits per heavy atom. The number of carbonyl (C=O) groups is 2. The first-order valence-electron chi connectivity index (χ1n) is 28.7. The van der Waals surface area contributed by atoms with Crippen molar-refractivity contribution in [1.82, 2.24) is 5.32 Å². The van der Waals surface area contributed by atoms with Crippen molar-refractivity contribution in [3.8, 4) is 28.7 Å². The second-order valence-electron chi connectivity index (χ2n) is 20.8. The molecule has 0 aliphatic heterocycles. The van der Waals surface area contributed by atoms with Crippen molar-refractivity contribution in [2.75, 3.05) is 80.4 Å². The Bertz CT molecular complexity index is 2790. The Morgan fingerprint density at radius 1 is 0.420 bits per heavy atom. The first-order chi connectivity index (χ1) is 39.5. The highest BCUT2D eigenvalue weighted by Crippen LogP contribution is 2.31. The maximum absolute atomic E-state index is 12.0. The Hall–Kier alpha value is -6.68. The molecular formula is C74H118N2O12. The maximum Gasteiger partial charge on any atom is 0.227 e. The van der Waals surface area contributed by atoms with Crippen LogP contribution in [0.4, 0.5) is 5.69 Å². The van der Waals surface area contributed by atoms with Gasteiger partial charge < -0.3 is 58.0 Å². The molecule has 0 fully saturated rings. The van der Waals surface area contributed by atoms with Crippen molar-refractivity contribution in [3.05, 3.63) is 153 Å². The van der Waals surface area contributed by atoms with E-state index in [9.17, 15) is 9.59 Å². The number of rotatable bonds is 31. The third-order valence-electron chi connectivity index (χ3n) is 13.9. The number of aryl methyl sites for hydroxylation is 4. The fourth-order valence-electron chi connectivity index (χ4n) is 9.05. The van der Waals surface area contributed by atoms with Gasteiger partial charge in [-0.2, -0.15) is 0 Å². The average molecular weight is 1230 g/mol. The number of benzene rings is 6. The first kappa shape index (κ1) is 85.5. The maximum atomic E-state index is 12.0. The summed E-state index contributed by atoms with van der Waals surface area (Å²) >= 11 is 0. The smallest absolute Gasteiger partial charge is 0.227 e. The predicted octanol–water partition coefficient (Wildman–Crippen LogP) is 18.0. The second kappa shape index (κ2) is 46.4. The highest BCUT2D eigenvalue weighted by Gasteiger charge is 2.16. The standard InChI is InChI=1S/C27H34O4.C24H33NO5.C17H27NO3.6CH4/c1-6-20(3)21-7-8-23-16-26(10-9-22(23)15-21)30-11-12-31-27-24(17-28-4)13-19(2)14-25(27)18-29-5;1-6-18(3)24(26)25-21-7-9-22(10-8-21)29-11-12-30-23-19(15-27-4)13-17(2)14-20(23)16-28-5;1-6-12(2)17(19)18-7-8-21-16-13(3)9-15(11-20-5)10-14(16)4;;;;;;/h7-10,13-16,20H,6,11-12,17-18H2,1-5H3;7-10,13-14,18H,6,11-12,15-16H2,1-5H3,(H,25,26);9-10,12H,6-8,11H2,1-5H3,(H,18,19);6*1H4. The van der Waals surface area contributed by atoms with Crippen molar-refractivity contribution in [3.63, 3.8) is 0 Å². The molecule has 0 aromatic heterocycles. The zero-order valence-corrected chi connectivity index (χ0v) is 51.8. The summed E-state index contributed by atoms with van der Waals surface area (Å²) in [5.74, 6) is 4.82. The van der Waals surface area contributed by atoms with E-state index in [1.807, 2.05) is 78.8 Å². The first-order valence-corrected chi connectivity index (χ1v) is 28.7. The molecule has 6 aromatic rings. The molecule has 14 nitrogen and oxygen atoms in total. The normalized spacial score (nSPS) is 11.2. The monoisotopic (exact) mass is 1230 g/mol. The van der Waals surface area contributed by atoms with Crippen LogP contribution in [0.2, 0.25) is 0 Å². The largest absolute Gasteiger partial charge is 0.491 e. The van der Waals surface area contributed by atoms with Gasteiger partial charge in [-0.15, -0.1) is 0 Å². The van der Waals surface area contributed by atoms with Crippen LogP contribution in [0, 0.1) is 39.5 Å². The van der Waals surface area contributed by atoms with Crippen molar-refractivity contribution >= 4 is 28.3 Å². The van der Waals surface area contributed by atoms with E-state index in [4.69, 9.17) is 47.4 Å². The second-order valence-corrected chi connectivity index (χ2v) is 20.8. The van der Waals surface area contributed by atoms with Gasteiger partial charge in [0.15, 0.2) is 0 Å². The molecule has 14 heteroatoms. The van der Waals surface area contributed by atoms with Crippen LogP contribution in [0.1, 0.15) is 167 Å². The zero-order valence-electron chi connectivity index (χ0n) is 51.8. The molecule has 3 atom stereocenters. The molecule has 3 unspecified atom stereocenters. The third-order valence-corrected chi connectivity index (χ3v) is 13.9. The summed E-state index contributed by atoms with van der Waals surface area (Å²) in [6.45, 7) is 25.7. The highest BCUT2D eigenvalue weighted by molar-refractivity contribution is 5.92. The number of anilines is 1. The summed E-state index contributed by atoms with van der Waals surface area (Å²) in [5, 5.41) is 8.23. The van der Waals surface area contributed by atoms with Crippen molar-refractivity contribution in [1.29, 1.82) is 0 Å². The number of hydrogen-bond donors (Lipinski definition) is 2. The molecule has 6 rings (SSSR count). The molecule has 0 bridgehead atoms. The van der Waals surface area contributed by atoms with Crippen LogP contribution >= 0.6 is 0 Å². The van der Waals surface area contributed by atoms with Crippen LogP contribution in [0.3, 0.4) is 0 Å². The summed E-state index contributed by atoms with van der Waals surface area (Å²) in [5.41, 5.74) is 11.8. The van der Waals surface area contributed by atoms with E-state index in [0.29, 0.717) is 78.5 Å². The molecule has 0 saturated heterocycles. The van der Waals surface area contributed by atoms with Gasteiger partial charge in [0.25, 0.3) is 0 Å². The predicted molar refractivity (Wildman–Crippen MR) is 369 cm³/mol. The van der Waals surface area contributed by atoms with E-state index in [0.717, 1.165) is 104 Å². The Kier molecular flexibility index (Phi) is 45.1. The lowest BCUT2D eigenvalue weighted by Crippen LogP contribution is -2.32. The van der Waals surface area contributed by atoms with Crippen LogP contribution in [0.5, 0.6) is 28.7 Å².